The molecule has 0 fully saturated rings. The minimum Gasteiger partial charge on any atom is -0.339 e. The maximum Gasteiger partial charge on any atom is 0.249 e. The van der Waals surface area contributed by atoms with Crippen molar-refractivity contribution in [2.45, 2.75) is 20.3 Å². The van der Waals surface area contributed by atoms with E-state index in [4.69, 9.17) is 0 Å². The second-order valence-electron chi connectivity index (χ2n) is 2.93. The Bertz CT molecular complexity index is 252. The van der Waals surface area contributed by atoms with Gasteiger partial charge in [-0.25, -0.2) is 0 Å². The zero-order valence-corrected chi connectivity index (χ0v) is 8.88. The summed E-state index contributed by atoms with van der Waals surface area (Å²) in [6.45, 7) is 12.0. The molecule has 0 atom stereocenters. The van der Waals surface area contributed by atoms with Crippen LogP contribution in [0.2, 0.25) is 0 Å². The fourth-order valence-corrected chi connectivity index (χ4v) is 1.09. The summed E-state index contributed by atoms with van der Waals surface area (Å²) >= 11 is 0. The van der Waals surface area contributed by atoms with Crippen LogP contribution in [0.15, 0.2) is 24.8 Å². The molecule has 78 valence electrons. The lowest BCUT2D eigenvalue weighted by Crippen LogP contribution is -2.31. The smallest absolute Gasteiger partial charge is 0.249 e. The maximum atomic E-state index is 11.6. The van der Waals surface area contributed by atoms with E-state index in [2.05, 4.69) is 13.2 Å². The van der Waals surface area contributed by atoms with E-state index < -0.39 is 0 Å². The van der Waals surface area contributed by atoms with Crippen molar-refractivity contribution in [1.29, 1.82) is 0 Å². The molecular weight excluding hydrogens is 178 g/mol. The number of rotatable bonds is 6. The average molecular weight is 195 g/mol. The molecule has 0 rings (SSSR count). The maximum absolute atomic E-state index is 11.6. The lowest BCUT2D eigenvalue weighted by Gasteiger charge is -2.19. The molecule has 3 nitrogen and oxygen atoms in total. The van der Waals surface area contributed by atoms with E-state index >= 15 is 0 Å². The molecule has 0 spiro atoms. The van der Waals surface area contributed by atoms with Crippen molar-refractivity contribution >= 4 is 11.7 Å². The van der Waals surface area contributed by atoms with Gasteiger partial charge < -0.3 is 4.90 Å². The van der Waals surface area contributed by atoms with Crippen LogP contribution in [0.1, 0.15) is 20.3 Å². The summed E-state index contributed by atoms with van der Waals surface area (Å²) in [6.07, 6.45) is 1.28. The van der Waals surface area contributed by atoms with Gasteiger partial charge in [0, 0.05) is 25.1 Å². The summed E-state index contributed by atoms with van der Waals surface area (Å²) in [6, 6.07) is 0. The summed E-state index contributed by atoms with van der Waals surface area (Å²) in [5.74, 6) is -0.319. The van der Waals surface area contributed by atoms with Gasteiger partial charge in [-0.2, -0.15) is 0 Å². The highest BCUT2D eigenvalue weighted by Crippen LogP contribution is 2.05. The first kappa shape index (κ1) is 12.6. The fourth-order valence-electron chi connectivity index (χ4n) is 1.09. The molecule has 1 amide bonds. The van der Waals surface area contributed by atoms with Crippen molar-refractivity contribution in [1.82, 2.24) is 4.90 Å². The van der Waals surface area contributed by atoms with Crippen LogP contribution in [0.3, 0.4) is 0 Å². The number of ketones is 1. The molecule has 0 aliphatic rings. The Morgan fingerprint density at radius 3 is 2.14 bits per heavy atom. The predicted octanol–water partition coefficient (Wildman–Crippen LogP) is 1.56. The van der Waals surface area contributed by atoms with E-state index in [1.165, 1.54) is 6.08 Å². The van der Waals surface area contributed by atoms with Crippen LogP contribution in [0.5, 0.6) is 0 Å². The SMILES string of the molecule is C=CC(=O)CC(=C)C(=O)N(CC)CC. The van der Waals surface area contributed by atoms with Gasteiger partial charge in [-0.3, -0.25) is 9.59 Å². The van der Waals surface area contributed by atoms with E-state index in [9.17, 15) is 9.59 Å². The molecule has 0 heterocycles. The van der Waals surface area contributed by atoms with Crippen LogP contribution in [-0.4, -0.2) is 29.7 Å². The zero-order valence-electron chi connectivity index (χ0n) is 8.88. The largest absolute Gasteiger partial charge is 0.339 e. The Hall–Kier alpha value is -1.38. The highest BCUT2D eigenvalue weighted by Gasteiger charge is 2.14. The Balaban J connectivity index is 4.31. The summed E-state index contributed by atoms with van der Waals surface area (Å²) < 4.78 is 0. The monoisotopic (exact) mass is 195 g/mol. The first-order chi connectivity index (χ1) is 6.56. The number of carbonyl (C=O) groups excluding carboxylic acids is 2. The van der Waals surface area contributed by atoms with Crippen molar-refractivity contribution in [3.05, 3.63) is 24.8 Å². The topological polar surface area (TPSA) is 37.4 Å². The molecule has 0 saturated carbocycles. The first-order valence-electron chi connectivity index (χ1n) is 4.69. The lowest BCUT2D eigenvalue weighted by molar-refractivity contribution is -0.127. The molecule has 0 aliphatic heterocycles. The summed E-state index contributed by atoms with van der Waals surface area (Å²) in [5.41, 5.74) is 0.332. The normalized spacial score (nSPS) is 9.29. The Labute approximate surface area is 85.1 Å². The Morgan fingerprint density at radius 2 is 1.79 bits per heavy atom. The summed E-state index contributed by atoms with van der Waals surface area (Å²) in [7, 11) is 0. The van der Waals surface area contributed by atoms with Crippen LogP contribution in [-0.2, 0) is 9.59 Å². The molecular formula is C11H17NO2. The highest BCUT2D eigenvalue weighted by molar-refractivity contribution is 6.01. The van der Waals surface area contributed by atoms with Gasteiger partial charge in [0.1, 0.15) is 0 Å². The Kier molecular flexibility index (Phi) is 5.53. The molecule has 0 saturated heterocycles. The molecule has 0 N–H and O–H groups in total. The number of carbonyl (C=O) groups is 2. The van der Waals surface area contributed by atoms with Crippen molar-refractivity contribution < 1.29 is 9.59 Å². The van der Waals surface area contributed by atoms with Gasteiger partial charge in [-0.05, 0) is 19.9 Å². The molecule has 0 radical (unpaired) electrons. The number of allylic oxidation sites excluding steroid dienone is 1. The number of nitrogens with zero attached hydrogens (tertiary/aromatic N) is 1. The van der Waals surface area contributed by atoms with Gasteiger partial charge in [-0.1, -0.05) is 13.2 Å². The quantitative estimate of drug-likeness (QED) is 0.603. The molecule has 3 heteroatoms. The fraction of sp³-hybridized carbons (Fsp3) is 0.455. The molecule has 14 heavy (non-hydrogen) atoms. The molecule has 0 unspecified atom stereocenters. The van der Waals surface area contributed by atoms with Crippen LogP contribution in [0, 0.1) is 0 Å². The third kappa shape index (κ3) is 3.56. The van der Waals surface area contributed by atoms with Gasteiger partial charge in [0.2, 0.25) is 5.91 Å². The molecule has 0 aromatic carbocycles. The van der Waals surface area contributed by atoms with Gasteiger partial charge in [0.15, 0.2) is 5.78 Å². The zero-order chi connectivity index (χ0) is 11.1. The third-order valence-corrected chi connectivity index (χ3v) is 1.97. The van der Waals surface area contributed by atoms with Crippen LogP contribution >= 0.6 is 0 Å². The van der Waals surface area contributed by atoms with E-state index in [-0.39, 0.29) is 18.1 Å². The summed E-state index contributed by atoms with van der Waals surface area (Å²) in [4.78, 5) is 24.2. The van der Waals surface area contributed by atoms with Crippen LogP contribution in [0.25, 0.3) is 0 Å². The number of hydrogen-bond donors (Lipinski definition) is 0. The predicted molar refractivity (Wildman–Crippen MR) is 56.9 cm³/mol. The van der Waals surface area contributed by atoms with Crippen molar-refractivity contribution in [3.8, 4) is 0 Å². The van der Waals surface area contributed by atoms with Crippen molar-refractivity contribution in [2.75, 3.05) is 13.1 Å². The number of hydrogen-bond acceptors (Lipinski definition) is 2. The molecule has 0 aromatic rings. The minimum absolute atomic E-state index is 0.0683. The molecule has 0 aromatic heterocycles. The Morgan fingerprint density at radius 1 is 1.29 bits per heavy atom. The van der Waals surface area contributed by atoms with Crippen molar-refractivity contribution in [3.63, 3.8) is 0 Å². The number of likely N-dealkylation sites (N-methyl/N-ethyl adjacent to an activating group) is 1. The van der Waals surface area contributed by atoms with E-state index in [0.717, 1.165) is 0 Å². The number of amides is 1. The van der Waals surface area contributed by atoms with Gasteiger partial charge >= 0.3 is 0 Å². The van der Waals surface area contributed by atoms with Crippen LogP contribution in [0.4, 0.5) is 0 Å². The molecule has 0 bridgehead atoms. The van der Waals surface area contributed by atoms with Gasteiger partial charge in [0.25, 0.3) is 0 Å². The summed E-state index contributed by atoms with van der Waals surface area (Å²) in [5, 5.41) is 0. The van der Waals surface area contributed by atoms with E-state index in [1.54, 1.807) is 4.90 Å². The molecule has 0 aliphatic carbocycles. The van der Waals surface area contributed by atoms with E-state index in [0.29, 0.717) is 18.7 Å². The van der Waals surface area contributed by atoms with E-state index in [1.807, 2.05) is 13.8 Å². The van der Waals surface area contributed by atoms with Gasteiger partial charge in [0.05, 0.1) is 0 Å². The lowest BCUT2D eigenvalue weighted by atomic mass is 10.1. The second kappa shape index (κ2) is 6.13. The standard InChI is InChI=1S/C11H17NO2/c1-5-10(13)8-9(4)11(14)12(6-2)7-3/h5H,1,4,6-8H2,2-3H3. The second-order valence-corrected chi connectivity index (χ2v) is 2.93. The average Bonchev–Trinajstić information content (AvgIpc) is 2.19. The van der Waals surface area contributed by atoms with Crippen LogP contribution < -0.4 is 0 Å². The first-order valence-corrected chi connectivity index (χ1v) is 4.69. The minimum atomic E-state index is -0.171. The third-order valence-electron chi connectivity index (χ3n) is 1.97. The van der Waals surface area contributed by atoms with Crippen molar-refractivity contribution in [2.24, 2.45) is 0 Å². The van der Waals surface area contributed by atoms with Gasteiger partial charge in [-0.15, -0.1) is 0 Å². The highest BCUT2D eigenvalue weighted by atomic mass is 16.2.